The first kappa shape index (κ1) is 11.6. The van der Waals surface area contributed by atoms with E-state index in [0.717, 1.165) is 10.1 Å². The van der Waals surface area contributed by atoms with E-state index >= 15 is 0 Å². The molecule has 1 saturated heterocycles. The second-order valence-electron chi connectivity index (χ2n) is 4.49. The van der Waals surface area contributed by atoms with Crippen molar-refractivity contribution < 1.29 is 15.0 Å². The minimum Gasteiger partial charge on any atom is -0.388 e. The minimum absolute atomic E-state index is 0.122. The Hall–Kier alpha value is -1.43. The summed E-state index contributed by atoms with van der Waals surface area (Å²) in [4.78, 5) is 13.8. The lowest BCUT2D eigenvalue weighted by Crippen LogP contribution is -2.29. The first-order valence-electron chi connectivity index (χ1n) is 5.78. The molecule has 5 heteroatoms. The van der Waals surface area contributed by atoms with Crippen LogP contribution in [0.1, 0.15) is 10.4 Å². The number of likely N-dealkylation sites (tertiary alicyclic amines) is 1. The smallest absolute Gasteiger partial charge is 0.255 e. The van der Waals surface area contributed by atoms with Gasteiger partial charge in [0, 0.05) is 28.6 Å². The van der Waals surface area contributed by atoms with Gasteiger partial charge in [0.15, 0.2) is 0 Å². The van der Waals surface area contributed by atoms with E-state index < -0.39 is 12.2 Å². The Morgan fingerprint density at radius 1 is 1.22 bits per heavy atom. The molecule has 0 saturated carbocycles. The number of carbonyl (C=O) groups excluding carboxylic acids is 1. The zero-order valence-corrected chi connectivity index (χ0v) is 10.4. The van der Waals surface area contributed by atoms with Gasteiger partial charge in [-0.05, 0) is 6.07 Å². The van der Waals surface area contributed by atoms with Crippen LogP contribution in [-0.4, -0.2) is 46.3 Å². The molecule has 3 rings (SSSR count). The number of nitrogens with zero attached hydrogens (tertiary/aromatic N) is 1. The zero-order chi connectivity index (χ0) is 12.7. The predicted octanol–water partition coefficient (Wildman–Crippen LogP) is 1.08. The fraction of sp³-hybridized carbons (Fsp3) is 0.308. The van der Waals surface area contributed by atoms with E-state index in [1.54, 1.807) is 0 Å². The van der Waals surface area contributed by atoms with Gasteiger partial charge in [0.05, 0.1) is 17.8 Å². The third-order valence-electron chi connectivity index (χ3n) is 3.26. The van der Waals surface area contributed by atoms with E-state index in [9.17, 15) is 15.0 Å². The maximum absolute atomic E-state index is 12.3. The van der Waals surface area contributed by atoms with E-state index in [0.29, 0.717) is 5.56 Å². The fourth-order valence-electron chi connectivity index (χ4n) is 2.25. The van der Waals surface area contributed by atoms with Crippen LogP contribution >= 0.6 is 11.3 Å². The average Bonchev–Trinajstić information content (AvgIpc) is 2.93. The molecular formula is C13H13NO3S. The summed E-state index contributed by atoms with van der Waals surface area (Å²) in [5.74, 6) is -0.122. The molecule has 2 heterocycles. The maximum atomic E-state index is 12.3. The van der Waals surface area contributed by atoms with Gasteiger partial charge in [-0.15, -0.1) is 11.3 Å². The van der Waals surface area contributed by atoms with Crippen LogP contribution in [0.3, 0.4) is 0 Å². The first-order valence-corrected chi connectivity index (χ1v) is 6.66. The molecule has 2 aromatic rings. The average molecular weight is 263 g/mol. The molecule has 0 bridgehead atoms. The van der Waals surface area contributed by atoms with Gasteiger partial charge in [-0.2, -0.15) is 0 Å². The van der Waals surface area contributed by atoms with E-state index in [2.05, 4.69) is 0 Å². The SMILES string of the molecule is O=C(c1csc2ccccc12)N1C[C@@H](O)[C@@H](O)C1. The Kier molecular flexibility index (Phi) is 2.81. The molecule has 0 unspecified atom stereocenters. The molecule has 1 aromatic heterocycles. The van der Waals surface area contributed by atoms with Gasteiger partial charge in [0.1, 0.15) is 0 Å². The van der Waals surface area contributed by atoms with Crippen LogP contribution in [0.5, 0.6) is 0 Å². The Bertz CT molecular complexity index is 585. The lowest BCUT2D eigenvalue weighted by molar-refractivity contribution is 0.0572. The molecule has 1 amide bonds. The molecule has 1 fully saturated rings. The zero-order valence-electron chi connectivity index (χ0n) is 9.61. The van der Waals surface area contributed by atoms with E-state index in [-0.39, 0.29) is 19.0 Å². The number of aliphatic hydroxyl groups excluding tert-OH is 2. The lowest BCUT2D eigenvalue weighted by atomic mass is 10.1. The number of carbonyl (C=O) groups is 1. The normalized spacial score (nSPS) is 23.8. The van der Waals surface area contributed by atoms with Crippen molar-refractivity contribution in [1.29, 1.82) is 0 Å². The molecule has 0 spiro atoms. The molecule has 4 nitrogen and oxygen atoms in total. The van der Waals surface area contributed by atoms with E-state index in [1.807, 2.05) is 29.6 Å². The van der Waals surface area contributed by atoms with Crippen LogP contribution in [0.4, 0.5) is 0 Å². The summed E-state index contributed by atoms with van der Waals surface area (Å²) in [6, 6.07) is 7.74. The van der Waals surface area contributed by atoms with Crippen LogP contribution in [0, 0.1) is 0 Å². The summed E-state index contributed by atoms with van der Waals surface area (Å²) in [6.45, 7) is 0.397. The van der Waals surface area contributed by atoms with Crippen molar-refractivity contribution in [2.24, 2.45) is 0 Å². The topological polar surface area (TPSA) is 60.8 Å². The monoisotopic (exact) mass is 263 g/mol. The molecule has 1 aliphatic heterocycles. The highest BCUT2D eigenvalue weighted by molar-refractivity contribution is 7.17. The lowest BCUT2D eigenvalue weighted by Gasteiger charge is -2.14. The Morgan fingerprint density at radius 3 is 2.61 bits per heavy atom. The molecule has 2 N–H and O–H groups in total. The minimum atomic E-state index is -0.834. The Balaban J connectivity index is 1.93. The van der Waals surface area contributed by atoms with Gasteiger partial charge in [-0.1, -0.05) is 18.2 Å². The van der Waals surface area contributed by atoms with Gasteiger partial charge in [0.2, 0.25) is 0 Å². The third kappa shape index (κ3) is 1.80. The van der Waals surface area contributed by atoms with Crippen LogP contribution in [0.25, 0.3) is 10.1 Å². The van der Waals surface area contributed by atoms with Crippen LogP contribution in [0.2, 0.25) is 0 Å². The van der Waals surface area contributed by atoms with Crippen LogP contribution in [0.15, 0.2) is 29.6 Å². The summed E-state index contributed by atoms with van der Waals surface area (Å²) in [5, 5.41) is 21.7. The second kappa shape index (κ2) is 4.35. The van der Waals surface area contributed by atoms with Crippen molar-refractivity contribution in [3.05, 3.63) is 35.2 Å². The third-order valence-corrected chi connectivity index (χ3v) is 4.22. The summed E-state index contributed by atoms with van der Waals surface area (Å²) in [5.41, 5.74) is 0.650. The Labute approximate surface area is 108 Å². The number of aliphatic hydroxyl groups is 2. The molecule has 1 aromatic carbocycles. The largest absolute Gasteiger partial charge is 0.388 e. The number of rotatable bonds is 1. The van der Waals surface area contributed by atoms with Gasteiger partial charge < -0.3 is 15.1 Å². The van der Waals surface area contributed by atoms with E-state index in [1.165, 1.54) is 16.2 Å². The predicted molar refractivity (Wildman–Crippen MR) is 69.7 cm³/mol. The second-order valence-corrected chi connectivity index (χ2v) is 5.40. The molecular weight excluding hydrogens is 250 g/mol. The number of thiophene rings is 1. The van der Waals surface area contributed by atoms with E-state index in [4.69, 9.17) is 0 Å². The molecule has 1 aliphatic rings. The number of fused-ring (bicyclic) bond motifs is 1. The van der Waals surface area contributed by atoms with Gasteiger partial charge in [-0.3, -0.25) is 4.79 Å². The number of hydrogen-bond acceptors (Lipinski definition) is 4. The Morgan fingerprint density at radius 2 is 1.89 bits per heavy atom. The van der Waals surface area contributed by atoms with Gasteiger partial charge >= 0.3 is 0 Å². The van der Waals surface area contributed by atoms with Crippen molar-refractivity contribution in [3.8, 4) is 0 Å². The van der Waals surface area contributed by atoms with Crippen LogP contribution in [-0.2, 0) is 0 Å². The number of hydrogen-bond donors (Lipinski definition) is 2. The number of benzene rings is 1. The number of β-amino-alcohol motifs (C(OH)–C–C–N with tert-alkyl or cyclic N) is 2. The van der Waals surface area contributed by atoms with Crippen LogP contribution < -0.4 is 0 Å². The summed E-state index contributed by atoms with van der Waals surface area (Å²) < 4.78 is 1.07. The summed E-state index contributed by atoms with van der Waals surface area (Å²) in [7, 11) is 0. The summed E-state index contributed by atoms with van der Waals surface area (Å²) in [6.07, 6.45) is -1.67. The van der Waals surface area contributed by atoms with Crippen molar-refractivity contribution in [1.82, 2.24) is 4.90 Å². The van der Waals surface area contributed by atoms with Gasteiger partial charge in [0.25, 0.3) is 5.91 Å². The molecule has 94 valence electrons. The molecule has 2 atom stereocenters. The summed E-state index contributed by atoms with van der Waals surface area (Å²) >= 11 is 1.53. The molecule has 0 aliphatic carbocycles. The van der Waals surface area contributed by atoms with Gasteiger partial charge in [-0.25, -0.2) is 0 Å². The molecule has 0 radical (unpaired) electrons. The quantitative estimate of drug-likeness (QED) is 0.809. The number of amides is 1. The highest BCUT2D eigenvalue weighted by Crippen LogP contribution is 2.27. The fourth-order valence-corrected chi connectivity index (χ4v) is 3.18. The van der Waals surface area contributed by atoms with Crippen molar-refractivity contribution in [2.75, 3.05) is 13.1 Å². The maximum Gasteiger partial charge on any atom is 0.255 e. The highest BCUT2D eigenvalue weighted by atomic mass is 32.1. The highest BCUT2D eigenvalue weighted by Gasteiger charge is 2.33. The van der Waals surface area contributed by atoms with Crippen molar-refractivity contribution >= 4 is 27.3 Å². The van der Waals surface area contributed by atoms with Crippen molar-refractivity contribution in [3.63, 3.8) is 0 Å². The standard InChI is InChI=1S/C13H13NO3S/c15-10-5-14(6-11(10)16)13(17)9-7-18-12-4-2-1-3-8(9)12/h1-4,7,10-11,15-16H,5-6H2/t10-,11+. The first-order chi connectivity index (χ1) is 8.66. The molecule has 18 heavy (non-hydrogen) atoms. The van der Waals surface area contributed by atoms with Crippen molar-refractivity contribution in [2.45, 2.75) is 12.2 Å².